The van der Waals surface area contributed by atoms with Gasteiger partial charge in [-0.05, 0) is 29.8 Å². The predicted octanol–water partition coefficient (Wildman–Crippen LogP) is 3.45. The Morgan fingerprint density at radius 2 is 1.88 bits per heavy atom. The minimum absolute atomic E-state index is 0.556. The molecular weight excluding hydrogens is 284 g/mol. The summed E-state index contributed by atoms with van der Waals surface area (Å²) in [5.74, 6) is 0. The monoisotopic (exact) mass is 294 g/mol. The van der Waals surface area contributed by atoms with Crippen LogP contribution in [0.2, 0.25) is 0 Å². The van der Waals surface area contributed by atoms with Gasteiger partial charge in [0.05, 0.1) is 0 Å². The van der Waals surface area contributed by atoms with Crippen LogP contribution in [0, 0.1) is 0 Å². The number of hydrogen-bond donors (Lipinski definition) is 1. The third kappa shape index (κ3) is 2.84. The highest BCUT2D eigenvalue weighted by atomic mass is 79.9. The fourth-order valence-corrected chi connectivity index (χ4v) is 2.83. The topological polar surface area (TPSA) is 38.9 Å². The Hall–Kier alpha value is -0.840. The summed E-state index contributed by atoms with van der Waals surface area (Å²) in [6, 6.07) is 10.2. The zero-order chi connectivity index (χ0) is 11.4. The highest BCUT2D eigenvalue weighted by Crippen LogP contribution is 2.30. The van der Waals surface area contributed by atoms with Gasteiger partial charge < -0.3 is 5.73 Å². The SMILES string of the molecule is NCc1ccc(Sc2ccncc2)cc1Br. The van der Waals surface area contributed by atoms with E-state index < -0.39 is 0 Å². The lowest BCUT2D eigenvalue weighted by atomic mass is 10.2. The largest absolute Gasteiger partial charge is 0.326 e. The van der Waals surface area contributed by atoms with Crippen molar-refractivity contribution in [3.63, 3.8) is 0 Å². The summed E-state index contributed by atoms with van der Waals surface area (Å²) in [7, 11) is 0. The predicted molar refractivity (Wildman–Crippen MR) is 70.4 cm³/mol. The molecule has 0 aliphatic carbocycles. The van der Waals surface area contributed by atoms with E-state index in [4.69, 9.17) is 5.73 Å². The zero-order valence-corrected chi connectivity index (χ0v) is 11.0. The molecule has 2 rings (SSSR count). The number of rotatable bonds is 3. The molecule has 0 bridgehead atoms. The van der Waals surface area contributed by atoms with Gasteiger partial charge in [0.25, 0.3) is 0 Å². The van der Waals surface area contributed by atoms with Crippen LogP contribution in [0.4, 0.5) is 0 Å². The summed E-state index contributed by atoms with van der Waals surface area (Å²) in [5.41, 5.74) is 6.73. The van der Waals surface area contributed by atoms with Crippen LogP contribution in [-0.2, 0) is 6.54 Å². The van der Waals surface area contributed by atoms with Crippen molar-refractivity contribution in [2.24, 2.45) is 5.73 Å². The van der Waals surface area contributed by atoms with Crippen LogP contribution in [0.25, 0.3) is 0 Å². The first kappa shape index (κ1) is 11.6. The minimum Gasteiger partial charge on any atom is -0.326 e. The smallest absolute Gasteiger partial charge is 0.0279 e. The van der Waals surface area contributed by atoms with Gasteiger partial charge in [-0.3, -0.25) is 4.98 Å². The number of nitrogens with two attached hydrogens (primary N) is 1. The van der Waals surface area contributed by atoms with E-state index in [1.807, 2.05) is 18.2 Å². The van der Waals surface area contributed by atoms with Crippen LogP contribution in [0.5, 0.6) is 0 Å². The Balaban J connectivity index is 2.20. The summed E-state index contributed by atoms with van der Waals surface area (Å²) in [4.78, 5) is 6.37. The van der Waals surface area contributed by atoms with Crippen LogP contribution < -0.4 is 5.73 Å². The third-order valence-electron chi connectivity index (χ3n) is 2.13. The summed E-state index contributed by atoms with van der Waals surface area (Å²) in [6.07, 6.45) is 3.59. The second-order valence-corrected chi connectivity index (χ2v) is 5.24. The number of aromatic nitrogens is 1. The van der Waals surface area contributed by atoms with Gasteiger partial charge in [0.2, 0.25) is 0 Å². The number of hydrogen-bond acceptors (Lipinski definition) is 3. The van der Waals surface area contributed by atoms with Gasteiger partial charge in [-0.25, -0.2) is 0 Å². The summed E-state index contributed by atoms with van der Waals surface area (Å²) < 4.78 is 1.06. The Kier molecular flexibility index (Phi) is 3.98. The molecule has 0 atom stereocenters. The lowest BCUT2D eigenvalue weighted by Crippen LogP contribution is -1.96. The number of pyridine rings is 1. The Bertz CT molecular complexity index is 474. The maximum Gasteiger partial charge on any atom is 0.0279 e. The normalized spacial score (nSPS) is 10.4. The van der Waals surface area contributed by atoms with Gasteiger partial charge in [-0.15, -0.1) is 0 Å². The number of nitrogens with zero attached hydrogens (tertiary/aromatic N) is 1. The molecule has 1 heterocycles. The minimum atomic E-state index is 0.556. The molecule has 82 valence electrons. The molecule has 1 aromatic carbocycles. The highest BCUT2D eigenvalue weighted by molar-refractivity contribution is 9.10. The molecule has 0 aliphatic rings. The average Bonchev–Trinajstić information content (AvgIpc) is 2.31. The van der Waals surface area contributed by atoms with Crippen molar-refractivity contribution in [1.82, 2.24) is 4.98 Å². The molecule has 0 fully saturated rings. The lowest BCUT2D eigenvalue weighted by Gasteiger charge is -2.05. The van der Waals surface area contributed by atoms with E-state index in [9.17, 15) is 0 Å². The molecule has 0 spiro atoms. The van der Waals surface area contributed by atoms with E-state index in [0.29, 0.717) is 6.54 Å². The maximum atomic E-state index is 5.61. The second-order valence-electron chi connectivity index (χ2n) is 3.24. The Morgan fingerprint density at radius 1 is 1.12 bits per heavy atom. The van der Waals surface area contributed by atoms with Crippen molar-refractivity contribution in [3.8, 4) is 0 Å². The first-order chi connectivity index (χ1) is 7.79. The van der Waals surface area contributed by atoms with Crippen LogP contribution >= 0.6 is 27.7 Å². The molecule has 0 radical (unpaired) electrons. The highest BCUT2D eigenvalue weighted by Gasteiger charge is 2.01. The fraction of sp³-hybridized carbons (Fsp3) is 0.0833. The average molecular weight is 295 g/mol. The van der Waals surface area contributed by atoms with Crippen molar-refractivity contribution >= 4 is 27.7 Å². The van der Waals surface area contributed by atoms with Crippen molar-refractivity contribution < 1.29 is 0 Å². The zero-order valence-electron chi connectivity index (χ0n) is 8.56. The molecule has 0 amide bonds. The summed E-state index contributed by atoms with van der Waals surface area (Å²) in [6.45, 7) is 0.556. The Labute approximate surface area is 107 Å². The lowest BCUT2D eigenvalue weighted by molar-refractivity contribution is 1.05. The fourth-order valence-electron chi connectivity index (χ4n) is 1.30. The molecule has 0 unspecified atom stereocenters. The number of halogens is 1. The molecule has 4 heteroatoms. The molecule has 1 aromatic heterocycles. The van der Waals surface area contributed by atoms with Crippen LogP contribution in [0.1, 0.15) is 5.56 Å². The number of benzene rings is 1. The molecule has 2 nitrogen and oxygen atoms in total. The van der Waals surface area contributed by atoms with Crippen molar-refractivity contribution in [3.05, 3.63) is 52.8 Å². The van der Waals surface area contributed by atoms with Gasteiger partial charge in [0, 0.05) is 33.2 Å². The third-order valence-corrected chi connectivity index (χ3v) is 3.87. The van der Waals surface area contributed by atoms with Crippen molar-refractivity contribution in [2.75, 3.05) is 0 Å². The maximum absolute atomic E-state index is 5.61. The summed E-state index contributed by atoms with van der Waals surface area (Å²) >= 11 is 5.23. The van der Waals surface area contributed by atoms with Crippen LogP contribution in [-0.4, -0.2) is 4.98 Å². The molecule has 0 aliphatic heterocycles. The molecule has 2 aromatic rings. The van der Waals surface area contributed by atoms with Crippen molar-refractivity contribution in [2.45, 2.75) is 16.3 Å². The second kappa shape index (κ2) is 5.48. The summed E-state index contributed by atoms with van der Waals surface area (Å²) in [5, 5.41) is 0. The van der Waals surface area contributed by atoms with Crippen LogP contribution in [0.15, 0.2) is 57.0 Å². The van der Waals surface area contributed by atoms with Gasteiger partial charge in [-0.2, -0.15) is 0 Å². The van der Waals surface area contributed by atoms with E-state index in [1.54, 1.807) is 24.2 Å². The van der Waals surface area contributed by atoms with Gasteiger partial charge >= 0.3 is 0 Å². The van der Waals surface area contributed by atoms with Gasteiger partial charge in [-0.1, -0.05) is 33.8 Å². The van der Waals surface area contributed by atoms with Gasteiger partial charge in [0.15, 0.2) is 0 Å². The van der Waals surface area contributed by atoms with Crippen molar-refractivity contribution in [1.29, 1.82) is 0 Å². The van der Waals surface area contributed by atoms with Gasteiger partial charge in [0.1, 0.15) is 0 Å². The molecule has 2 N–H and O–H groups in total. The standard InChI is InChI=1S/C12H11BrN2S/c13-12-7-11(2-1-9(12)8-14)16-10-3-5-15-6-4-10/h1-7H,8,14H2. The molecular formula is C12H11BrN2S. The Morgan fingerprint density at radius 3 is 2.50 bits per heavy atom. The van der Waals surface area contributed by atoms with Crippen LogP contribution in [0.3, 0.4) is 0 Å². The van der Waals surface area contributed by atoms with E-state index in [1.165, 1.54) is 9.79 Å². The van der Waals surface area contributed by atoms with E-state index in [0.717, 1.165) is 10.0 Å². The molecule has 0 saturated heterocycles. The van der Waals surface area contributed by atoms with E-state index in [-0.39, 0.29) is 0 Å². The first-order valence-corrected chi connectivity index (χ1v) is 6.47. The van der Waals surface area contributed by atoms with E-state index >= 15 is 0 Å². The first-order valence-electron chi connectivity index (χ1n) is 4.86. The quantitative estimate of drug-likeness (QED) is 0.942. The molecule has 0 saturated carbocycles. The molecule has 16 heavy (non-hydrogen) atoms. The van der Waals surface area contributed by atoms with E-state index in [2.05, 4.69) is 33.0 Å².